The van der Waals surface area contributed by atoms with Gasteiger partial charge in [-0.3, -0.25) is 0 Å². The third kappa shape index (κ3) is 4.54. The van der Waals surface area contributed by atoms with Gasteiger partial charge in [0.1, 0.15) is 0 Å². The van der Waals surface area contributed by atoms with Crippen molar-refractivity contribution in [2.24, 2.45) is 0 Å². The van der Waals surface area contributed by atoms with E-state index in [9.17, 15) is 0 Å². The van der Waals surface area contributed by atoms with E-state index in [0.717, 1.165) is 48.5 Å². The Morgan fingerprint density at radius 2 is 1.76 bits per heavy atom. The van der Waals surface area contributed by atoms with Crippen LogP contribution in [0.4, 0.5) is 17.3 Å². The Morgan fingerprint density at radius 1 is 0.970 bits per heavy atom. The summed E-state index contributed by atoms with van der Waals surface area (Å²) in [6.45, 7) is 4.64. The number of aromatic nitrogens is 4. The largest absolute Gasteiger partial charge is 0.493 e. The fourth-order valence-corrected chi connectivity index (χ4v) is 4.00. The number of fused-ring (bicyclic) bond motifs is 1. The number of ether oxygens (including phenoxy) is 2. The number of hydrogen-bond acceptors (Lipinski definition) is 8. The van der Waals surface area contributed by atoms with Crippen molar-refractivity contribution in [1.29, 1.82) is 0 Å². The van der Waals surface area contributed by atoms with Crippen LogP contribution in [-0.2, 0) is 6.54 Å². The standard InChI is InChI=1S/C24H27N7O2/c1-32-21-8-3-17(13-22(21)33-2)16-31-23-18(15-27-31)14-26-24(29-23)28-19-4-6-20(7-5-19)30-11-9-25-10-12-30/h3-8,13-15,25H,9-12,16H2,1-2H3,(H,26,28,29). The molecule has 0 amide bonds. The molecule has 9 heteroatoms. The Bertz CT molecular complexity index is 1230. The minimum Gasteiger partial charge on any atom is -0.493 e. The molecule has 0 aliphatic carbocycles. The van der Waals surface area contributed by atoms with Crippen LogP contribution in [0.15, 0.2) is 54.9 Å². The summed E-state index contributed by atoms with van der Waals surface area (Å²) in [5.74, 6) is 1.92. The summed E-state index contributed by atoms with van der Waals surface area (Å²) in [4.78, 5) is 11.6. The quantitative estimate of drug-likeness (QED) is 0.449. The van der Waals surface area contributed by atoms with Crippen molar-refractivity contribution in [3.63, 3.8) is 0 Å². The van der Waals surface area contributed by atoms with Crippen molar-refractivity contribution in [2.75, 3.05) is 50.6 Å². The van der Waals surface area contributed by atoms with E-state index < -0.39 is 0 Å². The van der Waals surface area contributed by atoms with Gasteiger partial charge in [0.25, 0.3) is 0 Å². The van der Waals surface area contributed by atoms with Gasteiger partial charge >= 0.3 is 0 Å². The topological polar surface area (TPSA) is 89.4 Å². The lowest BCUT2D eigenvalue weighted by Crippen LogP contribution is -2.43. The summed E-state index contributed by atoms with van der Waals surface area (Å²) >= 11 is 0. The molecule has 1 fully saturated rings. The second-order valence-corrected chi connectivity index (χ2v) is 7.87. The van der Waals surface area contributed by atoms with E-state index in [1.807, 2.05) is 22.9 Å². The highest BCUT2D eigenvalue weighted by atomic mass is 16.5. The summed E-state index contributed by atoms with van der Waals surface area (Å²) in [5, 5.41) is 12.1. The first kappa shape index (κ1) is 21.0. The van der Waals surface area contributed by atoms with Crippen LogP contribution in [0.5, 0.6) is 11.5 Å². The predicted molar refractivity (Wildman–Crippen MR) is 129 cm³/mol. The molecule has 170 valence electrons. The molecule has 0 atom stereocenters. The second-order valence-electron chi connectivity index (χ2n) is 7.87. The smallest absolute Gasteiger partial charge is 0.229 e. The Labute approximate surface area is 192 Å². The molecule has 0 radical (unpaired) electrons. The van der Waals surface area contributed by atoms with Crippen LogP contribution in [0.1, 0.15) is 5.56 Å². The maximum atomic E-state index is 5.42. The number of rotatable bonds is 7. The molecular weight excluding hydrogens is 418 g/mol. The molecule has 0 unspecified atom stereocenters. The van der Waals surface area contributed by atoms with Gasteiger partial charge < -0.3 is 25.0 Å². The number of nitrogens with zero attached hydrogens (tertiary/aromatic N) is 5. The first-order chi connectivity index (χ1) is 16.2. The maximum absolute atomic E-state index is 5.42. The number of benzene rings is 2. The van der Waals surface area contributed by atoms with E-state index in [0.29, 0.717) is 24.0 Å². The third-order valence-electron chi connectivity index (χ3n) is 5.76. The average molecular weight is 446 g/mol. The Hall–Kier alpha value is -3.85. The Morgan fingerprint density at radius 3 is 2.52 bits per heavy atom. The molecule has 0 spiro atoms. The van der Waals surface area contributed by atoms with Crippen molar-refractivity contribution in [3.05, 3.63) is 60.4 Å². The Balaban J connectivity index is 1.34. The zero-order chi connectivity index (χ0) is 22.6. The van der Waals surface area contributed by atoms with E-state index in [-0.39, 0.29) is 0 Å². The molecule has 0 bridgehead atoms. The van der Waals surface area contributed by atoms with Gasteiger partial charge in [-0.15, -0.1) is 0 Å². The van der Waals surface area contributed by atoms with Crippen LogP contribution >= 0.6 is 0 Å². The lowest BCUT2D eigenvalue weighted by molar-refractivity contribution is 0.354. The van der Waals surface area contributed by atoms with E-state index in [2.05, 4.69) is 49.9 Å². The lowest BCUT2D eigenvalue weighted by atomic mass is 10.2. The summed E-state index contributed by atoms with van der Waals surface area (Å²) in [6.07, 6.45) is 3.57. The number of anilines is 3. The SMILES string of the molecule is COc1ccc(Cn2ncc3cnc(Nc4ccc(N5CCNCC5)cc4)nc32)cc1OC. The summed E-state index contributed by atoms with van der Waals surface area (Å²) in [6, 6.07) is 14.2. The average Bonchev–Trinajstić information content (AvgIpc) is 3.27. The van der Waals surface area contributed by atoms with E-state index >= 15 is 0 Å². The summed E-state index contributed by atoms with van der Waals surface area (Å²) in [5.41, 5.74) is 3.97. The third-order valence-corrected chi connectivity index (χ3v) is 5.76. The fourth-order valence-electron chi connectivity index (χ4n) is 4.00. The number of hydrogen-bond donors (Lipinski definition) is 2. The van der Waals surface area contributed by atoms with Crippen molar-refractivity contribution in [1.82, 2.24) is 25.1 Å². The molecule has 1 aliphatic heterocycles. The van der Waals surface area contributed by atoms with Gasteiger partial charge in [0, 0.05) is 43.8 Å². The predicted octanol–water partition coefficient (Wildman–Crippen LogP) is 3.05. The van der Waals surface area contributed by atoms with Crippen LogP contribution in [0, 0.1) is 0 Å². The molecule has 1 saturated heterocycles. The highest BCUT2D eigenvalue weighted by Gasteiger charge is 2.12. The molecule has 9 nitrogen and oxygen atoms in total. The van der Waals surface area contributed by atoms with Crippen LogP contribution in [0.3, 0.4) is 0 Å². The molecular formula is C24H27N7O2. The normalized spacial score (nSPS) is 13.8. The zero-order valence-electron chi connectivity index (χ0n) is 18.8. The molecule has 1 aliphatic rings. The fraction of sp³-hybridized carbons (Fsp3) is 0.292. The van der Waals surface area contributed by atoms with Crippen molar-refractivity contribution >= 4 is 28.4 Å². The van der Waals surface area contributed by atoms with Gasteiger partial charge in [0.05, 0.1) is 32.3 Å². The van der Waals surface area contributed by atoms with Crippen molar-refractivity contribution in [3.8, 4) is 11.5 Å². The highest BCUT2D eigenvalue weighted by Crippen LogP contribution is 2.28. The zero-order valence-corrected chi connectivity index (χ0v) is 18.8. The highest BCUT2D eigenvalue weighted by molar-refractivity contribution is 5.75. The van der Waals surface area contributed by atoms with Gasteiger partial charge in [-0.1, -0.05) is 6.07 Å². The molecule has 2 N–H and O–H groups in total. The van der Waals surface area contributed by atoms with Gasteiger partial charge in [0.2, 0.25) is 5.95 Å². The summed E-state index contributed by atoms with van der Waals surface area (Å²) in [7, 11) is 3.26. The minimum absolute atomic E-state index is 0.534. The van der Waals surface area contributed by atoms with Crippen LogP contribution in [0.2, 0.25) is 0 Å². The Kier molecular flexibility index (Phi) is 5.95. The number of nitrogens with one attached hydrogen (secondary N) is 2. The molecule has 2 aromatic carbocycles. The second kappa shape index (κ2) is 9.33. The van der Waals surface area contributed by atoms with Crippen LogP contribution in [0.25, 0.3) is 11.0 Å². The van der Waals surface area contributed by atoms with Gasteiger partial charge in [0.15, 0.2) is 17.1 Å². The van der Waals surface area contributed by atoms with Crippen molar-refractivity contribution < 1.29 is 9.47 Å². The lowest BCUT2D eigenvalue weighted by Gasteiger charge is -2.29. The van der Waals surface area contributed by atoms with Crippen LogP contribution < -0.4 is 25.0 Å². The van der Waals surface area contributed by atoms with Gasteiger partial charge in [-0.25, -0.2) is 9.67 Å². The maximum Gasteiger partial charge on any atom is 0.229 e. The molecule has 33 heavy (non-hydrogen) atoms. The van der Waals surface area contributed by atoms with Gasteiger partial charge in [-0.05, 0) is 42.0 Å². The summed E-state index contributed by atoms with van der Waals surface area (Å²) < 4.78 is 12.6. The van der Waals surface area contributed by atoms with E-state index in [1.54, 1.807) is 26.6 Å². The molecule has 4 aromatic rings. The monoisotopic (exact) mass is 445 g/mol. The number of piperazine rings is 1. The van der Waals surface area contributed by atoms with Crippen molar-refractivity contribution in [2.45, 2.75) is 6.54 Å². The minimum atomic E-state index is 0.534. The molecule has 0 saturated carbocycles. The molecule has 3 heterocycles. The van der Waals surface area contributed by atoms with Crippen LogP contribution in [-0.4, -0.2) is 60.1 Å². The number of methoxy groups -OCH3 is 2. The van der Waals surface area contributed by atoms with E-state index in [4.69, 9.17) is 14.5 Å². The molecule has 2 aromatic heterocycles. The first-order valence-electron chi connectivity index (χ1n) is 11.0. The molecule has 5 rings (SSSR count). The van der Waals surface area contributed by atoms with E-state index in [1.165, 1.54) is 5.69 Å². The first-order valence-corrected chi connectivity index (χ1v) is 11.0. The van der Waals surface area contributed by atoms with Gasteiger partial charge in [-0.2, -0.15) is 10.1 Å².